The fourth-order valence-corrected chi connectivity index (χ4v) is 3.31. The molecule has 0 spiro atoms. The Labute approximate surface area is 164 Å². The Bertz CT molecular complexity index is 820. The number of hydrogen-bond donors (Lipinski definition) is 2. The standard InChI is InChI=1S/C21H24ClN3O2/c1-14(2)20(26)24-18-8-6-15(7-9-18)21(27)25-11-10-23-13-19(25)16-4-3-5-17(22)12-16/h3-9,12,14,19,23H,10-11,13H2,1-2H3,(H,24,26). The molecule has 1 aliphatic rings. The minimum absolute atomic E-state index is 0.0248. The number of anilines is 1. The van der Waals surface area contributed by atoms with E-state index in [9.17, 15) is 9.59 Å². The molecule has 0 radical (unpaired) electrons. The van der Waals surface area contributed by atoms with E-state index >= 15 is 0 Å². The molecular weight excluding hydrogens is 362 g/mol. The Morgan fingerprint density at radius 1 is 1.19 bits per heavy atom. The summed E-state index contributed by atoms with van der Waals surface area (Å²) in [5, 5.41) is 6.85. The second-order valence-electron chi connectivity index (χ2n) is 6.99. The third-order valence-electron chi connectivity index (χ3n) is 4.66. The Kier molecular flexibility index (Phi) is 6.14. The molecule has 2 aromatic carbocycles. The maximum absolute atomic E-state index is 13.1. The molecule has 142 valence electrons. The van der Waals surface area contributed by atoms with Crippen LogP contribution >= 0.6 is 11.6 Å². The lowest BCUT2D eigenvalue weighted by Crippen LogP contribution is -2.48. The molecular formula is C21H24ClN3O2. The molecule has 1 aliphatic heterocycles. The third-order valence-corrected chi connectivity index (χ3v) is 4.90. The quantitative estimate of drug-likeness (QED) is 0.843. The van der Waals surface area contributed by atoms with Crippen molar-refractivity contribution in [1.82, 2.24) is 10.2 Å². The van der Waals surface area contributed by atoms with Gasteiger partial charge in [0.2, 0.25) is 5.91 Å². The molecule has 0 aromatic heterocycles. The molecule has 2 N–H and O–H groups in total. The number of rotatable bonds is 4. The zero-order chi connectivity index (χ0) is 19.4. The molecule has 1 heterocycles. The molecule has 2 aromatic rings. The highest BCUT2D eigenvalue weighted by molar-refractivity contribution is 6.30. The van der Waals surface area contributed by atoms with Crippen molar-refractivity contribution in [2.75, 3.05) is 25.0 Å². The highest BCUT2D eigenvalue weighted by Gasteiger charge is 2.28. The molecule has 6 heteroatoms. The van der Waals surface area contributed by atoms with Gasteiger partial charge in [-0.3, -0.25) is 9.59 Å². The molecule has 2 amide bonds. The van der Waals surface area contributed by atoms with Crippen molar-refractivity contribution in [3.63, 3.8) is 0 Å². The van der Waals surface area contributed by atoms with E-state index in [1.165, 1.54) is 0 Å². The zero-order valence-corrected chi connectivity index (χ0v) is 16.3. The number of piperazine rings is 1. The minimum Gasteiger partial charge on any atom is -0.329 e. The van der Waals surface area contributed by atoms with Crippen LogP contribution in [0.5, 0.6) is 0 Å². The summed E-state index contributed by atoms with van der Waals surface area (Å²) >= 11 is 6.13. The van der Waals surface area contributed by atoms with Gasteiger partial charge in [-0.2, -0.15) is 0 Å². The maximum Gasteiger partial charge on any atom is 0.254 e. The van der Waals surface area contributed by atoms with Gasteiger partial charge in [0.15, 0.2) is 0 Å². The van der Waals surface area contributed by atoms with Gasteiger partial charge in [0.05, 0.1) is 6.04 Å². The first kappa shape index (κ1) is 19.4. The molecule has 27 heavy (non-hydrogen) atoms. The Hall–Kier alpha value is -2.37. The van der Waals surface area contributed by atoms with Gasteiger partial charge >= 0.3 is 0 Å². The average Bonchev–Trinajstić information content (AvgIpc) is 2.68. The van der Waals surface area contributed by atoms with Crippen molar-refractivity contribution >= 4 is 29.1 Å². The lowest BCUT2D eigenvalue weighted by atomic mass is 10.0. The molecule has 1 saturated heterocycles. The summed E-state index contributed by atoms with van der Waals surface area (Å²) in [6.07, 6.45) is 0. The lowest BCUT2D eigenvalue weighted by molar-refractivity contribution is -0.118. The second-order valence-corrected chi connectivity index (χ2v) is 7.43. The Morgan fingerprint density at radius 2 is 1.93 bits per heavy atom. The number of benzene rings is 2. The molecule has 0 aliphatic carbocycles. The van der Waals surface area contributed by atoms with E-state index in [4.69, 9.17) is 11.6 Å². The summed E-state index contributed by atoms with van der Waals surface area (Å²) in [4.78, 5) is 26.8. The fraction of sp³-hybridized carbons (Fsp3) is 0.333. The first-order valence-corrected chi connectivity index (χ1v) is 9.51. The predicted octanol–water partition coefficient (Wildman–Crippen LogP) is 3.72. The first-order valence-electron chi connectivity index (χ1n) is 9.14. The van der Waals surface area contributed by atoms with Gasteiger partial charge in [-0.15, -0.1) is 0 Å². The Balaban J connectivity index is 1.77. The van der Waals surface area contributed by atoms with Gasteiger partial charge in [0, 0.05) is 41.8 Å². The van der Waals surface area contributed by atoms with E-state index < -0.39 is 0 Å². The first-order chi connectivity index (χ1) is 13.0. The molecule has 1 fully saturated rings. The average molecular weight is 386 g/mol. The molecule has 1 atom stereocenters. The van der Waals surface area contributed by atoms with E-state index in [0.717, 1.165) is 12.1 Å². The molecule has 5 nitrogen and oxygen atoms in total. The van der Waals surface area contributed by atoms with Crippen LogP contribution < -0.4 is 10.6 Å². The van der Waals surface area contributed by atoms with Gasteiger partial charge in [0.25, 0.3) is 5.91 Å². The SMILES string of the molecule is CC(C)C(=O)Nc1ccc(C(=O)N2CCNCC2c2cccc(Cl)c2)cc1. The number of hydrogen-bond acceptors (Lipinski definition) is 3. The van der Waals surface area contributed by atoms with Gasteiger partial charge in [0.1, 0.15) is 0 Å². The molecule has 0 saturated carbocycles. The summed E-state index contributed by atoms with van der Waals surface area (Å²) in [6.45, 7) is 5.75. The highest BCUT2D eigenvalue weighted by Crippen LogP contribution is 2.26. The number of halogens is 1. The van der Waals surface area contributed by atoms with Crippen LogP contribution in [0.15, 0.2) is 48.5 Å². The van der Waals surface area contributed by atoms with Crippen LogP contribution in [-0.4, -0.2) is 36.3 Å². The van der Waals surface area contributed by atoms with E-state index in [0.29, 0.717) is 29.4 Å². The highest BCUT2D eigenvalue weighted by atomic mass is 35.5. The van der Waals surface area contributed by atoms with Crippen molar-refractivity contribution in [1.29, 1.82) is 0 Å². The van der Waals surface area contributed by atoms with Crippen LogP contribution in [0, 0.1) is 5.92 Å². The van der Waals surface area contributed by atoms with E-state index in [-0.39, 0.29) is 23.8 Å². The topological polar surface area (TPSA) is 61.4 Å². The molecule has 3 rings (SSSR count). The van der Waals surface area contributed by atoms with Crippen LogP contribution in [0.25, 0.3) is 0 Å². The van der Waals surface area contributed by atoms with Crippen molar-refractivity contribution in [2.45, 2.75) is 19.9 Å². The number of amides is 2. The van der Waals surface area contributed by atoms with Crippen LogP contribution in [0.3, 0.4) is 0 Å². The summed E-state index contributed by atoms with van der Waals surface area (Å²) in [5.74, 6) is -0.161. The molecule has 1 unspecified atom stereocenters. The normalized spacial score (nSPS) is 17.0. The second kappa shape index (κ2) is 8.55. The largest absolute Gasteiger partial charge is 0.329 e. The van der Waals surface area contributed by atoms with Gasteiger partial charge < -0.3 is 15.5 Å². The van der Waals surface area contributed by atoms with Crippen molar-refractivity contribution in [3.05, 3.63) is 64.7 Å². The third kappa shape index (κ3) is 4.67. The van der Waals surface area contributed by atoms with Crippen LogP contribution in [0.1, 0.15) is 35.8 Å². The van der Waals surface area contributed by atoms with E-state index in [1.54, 1.807) is 24.3 Å². The monoisotopic (exact) mass is 385 g/mol. The number of carbonyl (C=O) groups is 2. The Morgan fingerprint density at radius 3 is 2.59 bits per heavy atom. The predicted molar refractivity (Wildman–Crippen MR) is 108 cm³/mol. The number of carbonyl (C=O) groups excluding carboxylic acids is 2. The smallest absolute Gasteiger partial charge is 0.254 e. The maximum atomic E-state index is 13.1. The number of nitrogens with zero attached hydrogens (tertiary/aromatic N) is 1. The zero-order valence-electron chi connectivity index (χ0n) is 15.5. The van der Waals surface area contributed by atoms with Crippen LogP contribution in [0.4, 0.5) is 5.69 Å². The summed E-state index contributed by atoms with van der Waals surface area (Å²) in [5.41, 5.74) is 2.31. The summed E-state index contributed by atoms with van der Waals surface area (Å²) < 4.78 is 0. The van der Waals surface area contributed by atoms with Crippen LogP contribution in [-0.2, 0) is 4.79 Å². The van der Waals surface area contributed by atoms with Crippen molar-refractivity contribution in [2.24, 2.45) is 5.92 Å². The van der Waals surface area contributed by atoms with Crippen molar-refractivity contribution in [3.8, 4) is 0 Å². The number of nitrogens with one attached hydrogen (secondary N) is 2. The molecule has 0 bridgehead atoms. The lowest BCUT2D eigenvalue weighted by Gasteiger charge is -2.36. The summed E-state index contributed by atoms with van der Waals surface area (Å²) in [7, 11) is 0. The van der Waals surface area contributed by atoms with Crippen LogP contribution in [0.2, 0.25) is 5.02 Å². The van der Waals surface area contributed by atoms with Gasteiger partial charge in [-0.05, 0) is 42.0 Å². The van der Waals surface area contributed by atoms with E-state index in [2.05, 4.69) is 10.6 Å². The van der Waals surface area contributed by atoms with Gasteiger partial charge in [-0.25, -0.2) is 0 Å². The summed E-state index contributed by atoms with van der Waals surface area (Å²) in [6, 6.07) is 14.6. The van der Waals surface area contributed by atoms with Gasteiger partial charge in [-0.1, -0.05) is 37.6 Å². The van der Waals surface area contributed by atoms with E-state index in [1.807, 2.05) is 43.0 Å². The minimum atomic E-state index is -0.0920. The van der Waals surface area contributed by atoms with Crippen molar-refractivity contribution < 1.29 is 9.59 Å². The fourth-order valence-electron chi connectivity index (χ4n) is 3.11.